The topological polar surface area (TPSA) is 58.1 Å². The van der Waals surface area contributed by atoms with Crippen LogP contribution >= 0.6 is 0 Å². The lowest BCUT2D eigenvalue weighted by molar-refractivity contribution is 0.00752. The first-order valence-electron chi connectivity index (χ1n) is 9.35. The minimum Gasteiger partial charge on any atom is -0.492 e. The molecule has 2 N–H and O–H groups in total. The lowest BCUT2D eigenvalue weighted by Gasteiger charge is -2.37. The molecule has 27 heavy (non-hydrogen) atoms. The van der Waals surface area contributed by atoms with E-state index in [1.165, 1.54) is 6.07 Å². The summed E-state index contributed by atoms with van der Waals surface area (Å²) in [7, 11) is 1.71. The Hall–Kier alpha value is -1.93. The highest BCUT2D eigenvalue weighted by molar-refractivity contribution is 5.79. The van der Waals surface area contributed by atoms with Crippen LogP contribution in [0.5, 0.6) is 5.75 Å². The minimum absolute atomic E-state index is 0.297. The van der Waals surface area contributed by atoms with E-state index < -0.39 is 11.6 Å². The van der Waals surface area contributed by atoms with Crippen LogP contribution < -0.4 is 15.4 Å². The summed E-state index contributed by atoms with van der Waals surface area (Å²) in [6.07, 6.45) is 0. The first-order chi connectivity index (χ1) is 13.0. The van der Waals surface area contributed by atoms with Crippen LogP contribution in [0.3, 0.4) is 0 Å². The van der Waals surface area contributed by atoms with Crippen LogP contribution in [0.4, 0.5) is 8.78 Å². The van der Waals surface area contributed by atoms with Crippen molar-refractivity contribution in [2.24, 2.45) is 10.9 Å². The molecule has 2 rings (SSSR count). The second-order valence-corrected chi connectivity index (χ2v) is 6.76. The molecule has 1 aliphatic rings. The molecule has 1 fully saturated rings. The lowest BCUT2D eigenvalue weighted by atomic mass is 10.0. The number of benzene rings is 1. The van der Waals surface area contributed by atoms with Gasteiger partial charge in [0.1, 0.15) is 12.4 Å². The third-order valence-corrected chi connectivity index (χ3v) is 4.54. The van der Waals surface area contributed by atoms with E-state index in [1.807, 2.05) is 0 Å². The number of hydrogen-bond acceptors (Lipinski definition) is 4. The predicted octanol–water partition coefficient (Wildman–Crippen LogP) is 1.87. The maximum absolute atomic E-state index is 13.2. The van der Waals surface area contributed by atoms with E-state index in [2.05, 4.69) is 34.4 Å². The van der Waals surface area contributed by atoms with Crippen molar-refractivity contribution >= 4 is 5.96 Å². The second-order valence-electron chi connectivity index (χ2n) is 6.76. The molecular weight excluding hydrogens is 354 g/mol. The van der Waals surface area contributed by atoms with E-state index in [0.29, 0.717) is 36.8 Å². The van der Waals surface area contributed by atoms with Crippen LogP contribution in [-0.4, -0.2) is 69.9 Å². The van der Waals surface area contributed by atoms with Crippen molar-refractivity contribution in [3.8, 4) is 5.75 Å². The molecule has 0 aromatic heterocycles. The Labute approximate surface area is 159 Å². The summed E-state index contributed by atoms with van der Waals surface area (Å²) in [4.78, 5) is 6.67. The van der Waals surface area contributed by atoms with Crippen molar-refractivity contribution < 1.29 is 18.3 Å². The van der Waals surface area contributed by atoms with Gasteiger partial charge in [0.2, 0.25) is 0 Å². The molecule has 152 valence electrons. The SMILES string of the molecule is CN=C(NCCOc1ccc(F)c(F)c1)NCC(C(C)C)N1CCOCC1. The average molecular weight is 384 g/mol. The van der Waals surface area contributed by atoms with Crippen LogP contribution in [0.1, 0.15) is 13.8 Å². The summed E-state index contributed by atoms with van der Waals surface area (Å²) < 4.78 is 36.9. The molecular formula is C19H30F2N4O2. The van der Waals surface area contributed by atoms with E-state index >= 15 is 0 Å². The van der Waals surface area contributed by atoms with Crippen LogP contribution in [-0.2, 0) is 4.74 Å². The van der Waals surface area contributed by atoms with Gasteiger partial charge in [0.15, 0.2) is 17.6 Å². The Morgan fingerprint density at radius 1 is 1.22 bits per heavy atom. The molecule has 0 radical (unpaired) electrons. The number of rotatable bonds is 8. The Morgan fingerprint density at radius 3 is 2.59 bits per heavy atom. The zero-order chi connectivity index (χ0) is 19.6. The van der Waals surface area contributed by atoms with E-state index in [-0.39, 0.29) is 0 Å². The molecule has 1 saturated heterocycles. The highest BCUT2D eigenvalue weighted by Gasteiger charge is 2.23. The molecule has 1 heterocycles. The van der Waals surface area contributed by atoms with Gasteiger partial charge in [0.25, 0.3) is 0 Å². The van der Waals surface area contributed by atoms with Crippen molar-refractivity contribution in [2.45, 2.75) is 19.9 Å². The molecule has 1 unspecified atom stereocenters. The molecule has 0 bridgehead atoms. The maximum atomic E-state index is 13.2. The Balaban J connectivity index is 1.73. The third kappa shape index (κ3) is 6.95. The zero-order valence-electron chi connectivity index (χ0n) is 16.3. The monoisotopic (exact) mass is 384 g/mol. The fourth-order valence-corrected chi connectivity index (χ4v) is 3.02. The number of nitrogens with one attached hydrogen (secondary N) is 2. The first kappa shape index (κ1) is 21.4. The first-order valence-corrected chi connectivity index (χ1v) is 9.35. The molecule has 0 aliphatic carbocycles. The Bertz CT molecular complexity index is 607. The summed E-state index contributed by atoms with van der Waals surface area (Å²) in [6, 6.07) is 3.89. The van der Waals surface area contributed by atoms with Crippen molar-refractivity contribution in [3.05, 3.63) is 29.8 Å². The molecule has 0 saturated carbocycles. The van der Waals surface area contributed by atoms with Gasteiger partial charge in [-0.25, -0.2) is 8.78 Å². The average Bonchev–Trinajstić information content (AvgIpc) is 2.67. The molecule has 1 aromatic rings. The number of hydrogen-bond donors (Lipinski definition) is 2. The van der Waals surface area contributed by atoms with Crippen LogP contribution in [0.25, 0.3) is 0 Å². The maximum Gasteiger partial charge on any atom is 0.191 e. The van der Waals surface area contributed by atoms with Crippen LogP contribution in [0.15, 0.2) is 23.2 Å². The summed E-state index contributed by atoms with van der Waals surface area (Å²) in [5.74, 6) is -0.315. The van der Waals surface area contributed by atoms with Gasteiger partial charge in [-0.1, -0.05) is 13.8 Å². The lowest BCUT2D eigenvalue weighted by Crippen LogP contribution is -2.52. The van der Waals surface area contributed by atoms with Crippen molar-refractivity contribution in [3.63, 3.8) is 0 Å². The fourth-order valence-electron chi connectivity index (χ4n) is 3.02. The molecule has 0 amide bonds. The number of morpholine rings is 1. The summed E-state index contributed by atoms with van der Waals surface area (Å²) in [5.41, 5.74) is 0. The summed E-state index contributed by atoms with van der Waals surface area (Å²) >= 11 is 0. The standard InChI is InChI=1S/C19H30F2N4O2/c1-14(2)18(25-7-10-26-11-8-25)13-24-19(22-3)23-6-9-27-15-4-5-16(20)17(21)12-15/h4-5,12,14,18H,6-11,13H2,1-3H3,(H2,22,23,24). The van der Waals surface area contributed by atoms with Crippen LogP contribution in [0, 0.1) is 17.6 Å². The Morgan fingerprint density at radius 2 is 1.96 bits per heavy atom. The largest absolute Gasteiger partial charge is 0.492 e. The van der Waals surface area contributed by atoms with Gasteiger partial charge in [-0.15, -0.1) is 0 Å². The van der Waals surface area contributed by atoms with Gasteiger partial charge in [-0.05, 0) is 18.1 Å². The van der Waals surface area contributed by atoms with Crippen LogP contribution in [0.2, 0.25) is 0 Å². The number of halogens is 2. The minimum atomic E-state index is -0.916. The van der Waals surface area contributed by atoms with Gasteiger partial charge in [0.05, 0.1) is 19.8 Å². The third-order valence-electron chi connectivity index (χ3n) is 4.54. The smallest absolute Gasteiger partial charge is 0.191 e. The molecule has 1 aromatic carbocycles. The van der Waals surface area contributed by atoms with Crippen molar-refractivity contribution in [2.75, 3.05) is 53.0 Å². The highest BCUT2D eigenvalue weighted by Crippen LogP contribution is 2.15. The van der Waals surface area contributed by atoms with E-state index in [1.54, 1.807) is 7.05 Å². The van der Waals surface area contributed by atoms with E-state index in [0.717, 1.165) is 45.0 Å². The molecule has 1 atom stereocenters. The van der Waals surface area contributed by atoms with Gasteiger partial charge in [-0.3, -0.25) is 9.89 Å². The van der Waals surface area contributed by atoms with Crippen molar-refractivity contribution in [1.29, 1.82) is 0 Å². The number of aliphatic imine (C=N–C) groups is 1. The molecule has 1 aliphatic heterocycles. The summed E-state index contributed by atoms with van der Waals surface area (Å²) in [5, 5.41) is 6.52. The van der Waals surface area contributed by atoms with Gasteiger partial charge < -0.3 is 20.1 Å². The Kier molecular flexibility index (Phi) is 8.74. The quantitative estimate of drug-likeness (QED) is 0.407. The number of nitrogens with zero attached hydrogens (tertiary/aromatic N) is 2. The number of ether oxygens (including phenoxy) is 2. The molecule has 6 nitrogen and oxygen atoms in total. The fraction of sp³-hybridized carbons (Fsp3) is 0.632. The van der Waals surface area contributed by atoms with Gasteiger partial charge in [-0.2, -0.15) is 0 Å². The highest BCUT2D eigenvalue weighted by atomic mass is 19.2. The molecule has 0 spiro atoms. The van der Waals surface area contributed by atoms with Gasteiger partial charge in [0, 0.05) is 38.8 Å². The zero-order valence-corrected chi connectivity index (χ0v) is 16.3. The van der Waals surface area contributed by atoms with Crippen molar-refractivity contribution in [1.82, 2.24) is 15.5 Å². The molecule has 8 heteroatoms. The second kappa shape index (κ2) is 11.0. The van der Waals surface area contributed by atoms with Gasteiger partial charge >= 0.3 is 0 Å². The predicted molar refractivity (Wildman–Crippen MR) is 102 cm³/mol. The van der Waals surface area contributed by atoms with E-state index in [4.69, 9.17) is 9.47 Å². The summed E-state index contributed by atoms with van der Waals surface area (Å²) in [6.45, 7) is 9.44. The normalized spacial score (nSPS) is 17.0. The van der Waals surface area contributed by atoms with E-state index in [9.17, 15) is 8.78 Å². The number of guanidine groups is 1.